The van der Waals surface area contributed by atoms with Gasteiger partial charge in [0, 0.05) is 11.7 Å². The Bertz CT molecular complexity index is 2630. The van der Waals surface area contributed by atoms with E-state index in [-0.39, 0.29) is 12.2 Å². The first-order chi connectivity index (χ1) is 30.1. The van der Waals surface area contributed by atoms with Gasteiger partial charge in [0.1, 0.15) is 29.5 Å². The van der Waals surface area contributed by atoms with Crippen molar-refractivity contribution in [1.29, 1.82) is 0 Å². The molecule has 0 saturated carbocycles. The fourth-order valence-electron chi connectivity index (χ4n) is 8.29. The second kappa shape index (κ2) is 18.4. The molecule has 1 saturated heterocycles. The van der Waals surface area contributed by atoms with E-state index in [2.05, 4.69) is 4.98 Å². The van der Waals surface area contributed by atoms with E-state index in [1.807, 2.05) is 182 Å². The van der Waals surface area contributed by atoms with Crippen molar-refractivity contribution in [2.24, 2.45) is 0 Å². The molecule has 1 fully saturated rings. The van der Waals surface area contributed by atoms with Crippen LogP contribution in [-0.2, 0) is 39.7 Å². The summed E-state index contributed by atoms with van der Waals surface area (Å²) in [6.45, 7) is -0.267. The first-order valence-corrected chi connectivity index (χ1v) is 22.2. The molecule has 1 aliphatic heterocycles. The summed E-state index contributed by atoms with van der Waals surface area (Å²) >= 11 is 5.95. The van der Waals surface area contributed by atoms with Crippen LogP contribution >= 0.6 is 11.6 Å². The van der Waals surface area contributed by atoms with Crippen molar-refractivity contribution >= 4 is 27.8 Å². The van der Waals surface area contributed by atoms with Gasteiger partial charge in [-0.05, 0) is 39.5 Å². The molecule has 6 aromatic carbocycles. The third-order valence-corrected chi connectivity index (χ3v) is 11.6. The van der Waals surface area contributed by atoms with Crippen molar-refractivity contribution in [2.75, 3.05) is 12.9 Å². The number of hydrogen-bond donors (Lipinski definition) is 1. The lowest BCUT2D eigenvalue weighted by Gasteiger charge is -2.40. The molecule has 10 nitrogen and oxygen atoms in total. The number of H-pyrrole nitrogens is 1. The van der Waals surface area contributed by atoms with Gasteiger partial charge in [-0.3, -0.25) is 18.5 Å². The minimum absolute atomic E-state index is 0.0407. The Balaban J connectivity index is 1.35. The van der Waals surface area contributed by atoms with Crippen LogP contribution in [0.1, 0.15) is 45.2 Å². The van der Waals surface area contributed by atoms with Crippen molar-refractivity contribution in [2.45, 2.75) is 35.7 Å². The summed E-state index contributed by atoms with van der Waals surface area (Å²) in [6, 6.07) is 57.6. The van der Waals surface area contributed by atoms with Gasteiger partial charge in [0.15, 0.2) is 6.23 Å². The molecular weight excluding hydrogens is 824 g/mol. The SMILES string of the molecule is CS(=O)(=O)O[C@H]1[C@@H](OC(c2ccccc2)(c2ccccc2)c2ccccc2)[C@H](n2cc(C=CCl)c(=O)[nH]c2=O)O[C@@H]1COC(c1ccccc1)(c1ccccc1)c1ccccc1. The maximum absolute atomic E-state index is 14.0. The standard InChI is InChI=1S/C50H43ClN2O8S/c1-62(56,57)61-44-43(35-58-49(37-20-8-2-9-21-37,38-22-10-3-11-23-38)39-24-12-4-13-25-39)59-47(53-34-36(32-33-51)46(54)52-48(53)55)45(44)60-50(40-26-14-5-15-27-40,41-28-16-6-17-29-41)42-30-18-7-19-31-42/h2-34,43-45,47H,35H2,1H3,(H,52,54,55)/t43-,44-,45-,47-/m1/s1. The number of aromatic amines is 1. The van der Waals surface area contributed by atoms with Crippen LogP contribution in [0.4, 0.5) is 0 Å². The summed E-state index contributed by atoms with van der Waals surface area (Å²) in [6.07, 6.45) is -1.84. The van der Waals surface area contributed by atoms with Crippen molar-refractivity contribution < 1.29 is 26.8 Å². The monoisotopic (exact) mass is 866 g/mol. The van der Waals surface area contributed by atoms with Gasteiger partial charge in [-0.25, -0.2) is 4.79 Å². The highest BCUT2D eigenvalue weighted by atomic mass is 35.5. The summed E-state index contributed by atoms with van der Waals surface area (Å²) in [5.41, 5.74) is 1.46. The first kappa shape index (κ1) is 42.5. The highest BCUT2D eigenvalue weighted by molar-refractivity contribution is 7.86. The lowest BCUT2D eigenvalue weighted by Crippen LogP contribution is -2.47. The van der Waals surface area contributed by atoms with Gasteiger partial charge in [-0.1, -0.05) is 194 Å². The van der Waals surface area contributed by atoms with Crippen LogP contribution in [0.3, 0.4) is 0 Å². The lowest BCUT2D eigenvalue weighted by molar-refractivity contribution is -0.123. The predicted molar refractivity (Wildman–Crippen MR) is 239 cm³/mol. The average Bonchev–Trinajstić information content (AvgIpc) is 3.62. The third kappa shape index (κ3) is 8.51. The molecule has 1 aliphatic rings. The van der Waals surface area contributed by atoms with Crippen molar-refractivity contribution in [3.8, 4) is 0 Å². The van der Waals surface area contributed by atoms with Crippen molar-refractivity contribution in [1.82, 2.24) is 9.55 Å². The molecule has 7 aromatic rings. The summed E-state index contributed by atoms with van der Waals surface area (Å²) < 4.78 is 55.8. The minimum Gasteiger partial charge on any atom is -0.358 e. The second-order valence-corrected chi connectivity index (χ2v) is 16.7. The van der Waals surface area contributed by atoms with E-state index in [1.54, 1.807) is 0 Å². The molecule has 0 amide bonds. The van der Waals surface area contributed by atoms with E-state index in [0.29, 0.717) is 16.7 Å². The number of nitrogens with zero attached hydrogens (tertiary/aromatic N) is 1. The molecule has 2 heterocycles. The van der Waals surface area contributed by atoms with Crippen molar-refractivity contribution in [3.63, 3.8) is 0 Å². The van der Waals surface area contributed by atoms with E-state index in [0.717, 1.165) is 28.5 Å². The average molecular weight is 867 g/mol. The number of ether oxygens (including phenoxy) is 3. The van der Waals surface area contributed by atoms with Crippen LogP contribution < -0.4 is 11.2 Å². The van der Waals surface area contributed by atoms with Gasteiger partial charge in [0.05, 0.1) is 18.4 Å². The van der Waals surface area contributed by atoms with E-state index < -0.39 is 57.1 Å². The van der Waals surface area contributed by atoms with Gasteiger partial charge >= 0.3 is 5.69 Å². The van der Waals surface area contributed by atoms with Gasteiger partial charge in [0.25, 0.3) is 15.7 Å². The fraction of sp³-hybridized carbons (Fsp3) is 0.160. The summed E-state index contributed by atoms with van der Waals surface area (Å²) in [4.78, 5) is 29.4. The van der Waals surface area contributed by atoms with Crippen molar-refractivity contribution in [3.05, 3.63) is 254 Å². The van der Waals surface area contributed by atoms with E-state index >= 15 is 0 Å². The smallest absolute Gasteiger partial charge is 0.330 e. The summed E-state index contributed by atoms with van der Waals surface area (Å²) in [7, 11) is -4.26. The molecule has 8 rings (SSSR count). The normalized spacial score (nSPS) is 18.2. The molecule has 62 heavy (non-hydrogen) atoms. The maximum Gasteiger partial charge on any atom is 0.330 e. The Labute approximate surface area is 364 Å². The van der Waals surface area contributed by atoms with E-state index in [1.165, 1.54) is 16.8 Å². The quantitative estimate of drug-likeness (QED) is 0.0806. The van der Waals surface area contributed by atoms with Gasteiger partial charge in [0.2, 0.25) is 0 Å². The number of rotatable bonds is 15. The largest absolute Gasteiger partial charge is 0.358 e. The van der Waals surface area contributed by atoms with Gasteiger partial charge in [-0.15, -0.1) is 0 Å². The molecule has 12 heteroatoms. The van der Waals surface area contributed by atoms with Gasteiger partial charge in [-0.2, -0.15) is 8.42 Å². The Morgan fingerprint density at radius 1 is 0.629 bits per heavy atom. The second-order valence-electron chi connectivity index (χ2n) is 14.8. The summed E-state index contributed by atoms with van der Waals surface area (Å²) in [5.74, 6) is 0. The Hall–Kier alpha value is -6.18. The molecule has 4 atom stereocenters. The summed E-state index contributed by atoms with van der Waals surface area (Å²) in [5, 5.41) is 0. The molecule has 1 aromatic heterocycles. The molecule has 0 radical (unpaired) electrons. The van der Waals surface area contributed by atoms with E-state index in [9.17, 15) is 18.0 Å². The number of hydrogen-bond acceptors (Lipinski definition) is 8. The van der Waals surface area contributed by atoms with Gasteiger partial charge < -0.3 is 14.2 Å². The molecule has 0 spiro atoms. The van der Waals surface area contributed by atoms with Crippen LogP contribution in [-0.4, -0.2) is 49.1 Å². The Kier molecular flexibility index (Phi) is 12.6. The zero-order valence-corrected chi connectivity index (χ0v) is 35.1. The first-order valence-electron chi connectivity index (χ1n) is 19.9. The molecule has 0 aliphatic carbocycles. The Morgan fingerprint density at radius 3 is 1.39 bits per heavy atom. The van der Waals surface area contributed by atoms with Crippen LogP contribution in [0.2, 0.25) is 0 Å². The predicted octanol–water partition coefficient (Wildman–Crippen LogP) is 8.37. The number of benzene rings is 6. The molecule has 1 N–H and O–H groups in total. The molecule has 314 valence electrons. The lowest BCUT2D eigenvalue weighted by atomic mass is 9.79. The molecule has 0 bridgehead atoms. The zero-order chi connectivity index (χ0) is 43.2. The van der Waals surface area contributed by atoms with E-state index in [4.69, 9.17) is 30.0 Å². The minimum atomic E-state index is -4.26. The Morgan fingerprint density at radius 2 is 1.02 bits per heavy atom. The zero-order valence-electron chi connectivity index (χ0n) is 33.6. The molecular formula is C50H43ClN2O8S. The number of aromatic nitrogens is 2. The van der Waals surface area contributed by atoms with Crippen LogP contribution in [0.25, 0.3) is 6.08 Å². The highest BCUT2D eigenvalue weighted by Crippen LogP contribution is 2.47. The topological polar surface area (TPSA) is 126 Å². The number of nitrogens with one attached hydrogen (secondary N) is 1. The van der Waals surface area contributed by atoms with Crippen LogP contribution in [0, 0.1) is 0 Å². The van der Waals surface area contributed by atoms with Crippen LogP contribution in [0.15, 0.2) is 203 Å². The third-order valence-electron chi connectivity index (χ3n) is 10.9. The number of halogens is 1. The highest BCUT2D eigenvalue weighted by Gasteiger charge is 2.55. The maximum atomic E-state index is 14.0. The fourth-order valence-corrected chi connectivity index (χ4v) is 9.06. The van der Waals surface area contributed by atoms with Crippen LogP contribution in [0.5, 0.6) is 0 Å². The molecule has 0 unspecified atom stereocenters.